The second-order valence-electron chi connectivity index (χ2n) is 5.55. The van der Waals surface area contributed by atoms with Gasteiger partial charge in [0.25, 0.3) is 5.91 Å². The number of carbonyl (C=O) groups is 1. The number of amides is 1. The molecule has 25 heavy (non-hydrogen) atoms. The van der Waals surface area contributed by atoms with Crippen molar-refractivity contribution >= 4 is 34.7 Å². The normalized spacial score (nSPS) is 10.7. The second kappa shape index (κ2) is 6.33. The zero-order valence-electron chi connectivity index (χ0n) is 13.1. The van der Waals surface area contributed by atoms with Gasteiger partial charge in [-0.2, -0.15) is 0 Å². The summed E-state index contributed by atoms with van der Waals surface area (Å²) in [6.45, 7) is 0. The molecule has 0 spiro atoms. The molecule has 0 aliphatic heterocycles. The minimum Gasteiger partial charge on any atom is -0.337 e. The third-order valence-electron chi connectivity index (χ3n) is 3.91. The van der Waals surface area contributed by atoms with Gasteiger partial charge in [-0.15, -0.1) is 0 Å². The fourth-order valence-electron chi connectivity index (χ4n) is 2.64. The van der Waals surface area contributed by atoms with Gasteiger partial charge in [0.15, 0.2) is 4.77 Å². The van der Waals surface area contributed by atoms with Crippen molar-refractivity contribution in [3.8, 4) is 5.69 Å². The number of rotatable bonds is 3. The first-order valence-corrected chi connectivity index (χ1v) is 8.14. The number of aromatic nitrogens is 3. The number of hydrogen-bond donors (Lipinski definition) is 2. The zero-order valence-corrected chi connectivity index (χ0v) is 14.0. The van der Waals surface area contributed by atoms with E-state index in [1.807, 2.05) is 53.2 Å². The molecule has 2 aromatic heterocycles. The number of benzene rings is 2. The van der Waals surface area contributed by atoms with E-state index >= 15 is 0 Å². The summed E-state index contributed by atoms with van der Waals surface area (Å²) < 4.78 is 2.45. The summed E-state index contributed by atoms with van der Waals surface area (Å²) in [5.74, 6) is -0.179. The zero-order chi connectivity index (χ0) is 17.2. The predicted octanol–water partition coefficient (Wildman–Crippen LogP) is 4.34. The average Bonchev–Trinajstić information content (AvgIpc) is 3.08. The standard InChI is InChI=1S/C19H14N4OS/c24-18(22-15-11-14-3-1-2-4-17(14)21-12-15)13-5-7-16(8-6-13)23-10-9-20-19(23)25/h1-12H,(H,20,25)(H,22,24). The molecular formula is C19H14N4OS. The fourth-order valence-corrected chi connectivity index (χ4v) is 2.87. The molecule has 122 valence electrons. The number of carbonyl (C=O) groups excluding carboxylic acids is 1. The van der Waals surface area contributed by atoms with Crippen LogP contribution in [0.4, 0.5) is 5.69 Å². The highest BCUT2D eigenvalue weighted by molar-refractivity contribution is 7.71. The largest absolute Gasteiger partial charge is 0.337 e. The van der Waals surface area contributed by atoms with E-state index < -0.39 is 0 Å². The van der Waals surface area contributed by atoms with Gasteiger partial charge in [0.1, 0.15) is 0 Å². The Hall–Kier alpha value is -3.25. The highest BCUT2D eigenvalue weighted by atomic mass is 32.1. The maximum atomic E-state index is 12.4. The molecule has 0 saturated heterocycles. The van der Waals surface area contributed by atoms with E-state index in [-0.39, 0.29) is 5.91 Å². The van der Waals surface area contributed by atoms with Crippen LogP contribution in [0, 0.1) is 4.77 Å². The van der Waals surface area contributed by atoms with Gasteiger partial charge in [0, 0.05) is 29.0 Å². The van der Waals surface area contributed by atoms with Crippen LogP contribution in [-0.2, 0) is 0 Å². The molecule has 1 amide bonds. The van der Waals surface area contributed by atoms with Gasteiger partial charge >= 0.3 is 0 Å². The summed E-state index contributed by atoms with van der Waals surface area (Å²) in [4.78, 5) is 19.7. The Morgan fingerprint density at radius 1 is 1.12 bits per heavy atom. The van der Waals surface area contributed by atoms with Crippen LogP contribution in [-0.4, -0.2) is 20.4 Å². The molecule has 0 unspecified atom stereocenters. The van der Waals surface area contributed by atoms with E-state index in [9.17, 15) is 4.79 Å². The highest BCUT2D eigenvalue weighted by Gasteiger charge is 2.07. The Balaban J connectivity index is 1.56. The topological polar surface area (TPSA) is 62.7 Å². The third-order valence-corrected chi connectivity index (χ3v) is 4.22. The Morgan fingerprint density at radius 3 is 2.68 bits per heavy atom. The summed E-state index contributed by atoms with van der Waals surface area (Å²) in [5.41, 5.74) is 3.03. The number of nitrogens with zero attached hydrogens (tertiary/aromatic N) is 2. The van der Waals surface area contributed by atoms with Crippen molar-refractivity contribution in [3.63, 3.8) is 0 Å². The number of imidazole rings is 1. The summed E-state index contributed by atoms with van der Waals surface area (Å²) in [6, 6.07) is 17.0. The summed E-state index contributed by atoms with van der Waals surface area (Å²) in [6.07, 6.45) is 5.28. The molecule has 0 aliphatic carbocycles. The molecule has 2 N–H and O–H groups in total. The Labute approximate surface area is 149 Å². The first kappa shape index (κ1) is 15.3. The smallest absolute Gasteiger partial charge is 0.255 e. The van der Waals surface area contributed by atoms with E-state index in [4.69, 9.17) is 12.2 Å². The molecule has 6 heteroatoms. The molecule has 2 heterocycles. The molecule has 0 radical (unpaired) electrons. The first-order chi connectivity index (χ1) is 12.2. The van der Waals surface area contributed by atoms with Crippen molar-refractivity contribution in [3.05, 3.63) is 83.5 Å². The van der Waals surface area contributed by atoms with E-state index in [2.05, 4.69) is 15.3 Å². The number of fused-ring (bicyclic) bond motifs is 1. The van der Waals surface area contributed by atoms with E-state index in [1.165, 1.54) is 0 Å². The van der Waals surface area contributed by atoms with Crippen LogP contribution in [0.25, 0.3) is 16.6 Å². The molecule has 5 nitrogen and oxygen atoms in total. The van der Waals surface area contributed by atoms with Gasteiger partial charge in [0.2, 0.25) is 0 Å². The lowest BCUT2D eigenvalue weighted by Gasteiger charge is -2.07. The molecule has 0 fully saturated rings. The van der Waals surface area contributed by atoms with Gasteiger partial charge in [-0.25, -0.2) is 0 Å². The van der Waals surface area contributed by atoms with Crippen molar-refractivity contribution < 1.29 is 4.79 Å². The lowest BCUT2D eigenvalue weighted by atomic mass is 10.1. The molecule has 0 aliphatic rings. The Morgan fingerprint density at radius 2 is 1.92 bits per heavy atom. The maximum Gasteiger partial charge on any atom is 0.255 e. The quantitative estimate of drug-likeness (QED) is 0.543. The van der Waals surface area contributed by atoms with Crippen LogP contribution in [0.5, 0.6) is 0 Å². The van der Waals surface area contributed by atoms with Crippen LogP contribution in [0.3, 0.4) is 0 Å². The van der Waals surface area contributed by atoms with Crippen molar-refractivity contribution in [2.45, 2.75) is 0 Å². The number of anilines is 1. The molecule has 0 saturated carbocycles. The number of hydrogen-bond acceptors (Lipinski definition) is 3. The van der Waals surface area contributed by atoms with Gasteiger partial charge in [-0.1, -0.05) is 18.2 Å². The van der Waals surface area contributed by atoms with Crippen molar-refractivity contribution in [1.82, 2.24) is 14.5 Å². The lowest BCUT2D eigenvalue weighted by molar-refractivity contribution is 0.102. The van der Waals surface area contributed by atoms with Crippen LogP contribution in [0.2, 0.25) is 0 Å². The number of nitrogens with one attached hydrogen (secondary N) is 2. The summed E-state index contributed by atoms with van der Waals surface area (Å²) >= 11 is 5.20. The Kier molecular flexibility index (Phi) is 3.87. The van der Waals surface area contributed by atoms with Gasteiger partial charge in [-0.3, -0.25) is 14.3 Å². The Bertz CT molecular complexity index is 1110. The van der Waals surface area contributed by atoms with Crippen LogP contribution >= 0.6 is 12.2 Å². The maximum absolute atomic E-state index is 12.4. The van der Waals surface area contributed by atoms with Crippen LogP contribution in [0.1, 0.15) is 10.4 Å². The minimum atomic E-state index is -0.179. The minimum absolute atomic E-state index is 0.179. The highest BCUT2D eigenvalue weighted by Crippen LogP contribution is 2.17. The molecular weight excluding hydrogens is 332 g/mol. The molecule has 4 rings (SSSR count). The van der Waals surface area contributed by atoms with Crippen LogP contribution in [0.15, 0.2) is 73.2 Å². The van der Waals surface area contributed by atoms with E-state index in [1.54, 1.807) is 24.5 Å². The van der Waals surface area contributed by atoms with E-state index in [0.29, 0.717) is 16.0 Å². The van der Waals surface area contributed by atoms with Gasteiger partial charge in [-0.05, 0) is 48.6 Å². The first-order valence-electron chi connectivity index (χ1n) is 7.73. The second-order valence-corrected chi connectivity index (χ2v) is 5.94. The molecule has 2 aromatic carbocycles. The van der Waals surface area contributed by atoms with Gasteiger partial charge in [0.05, 0.1) is 17.4 Å². The monoisotopic (exact) mass is 346 g/mol. The molecule has 0 atom stereocenters. The van der Waals surface area contributed by atoms with Crippen molar-refractivity contribution in [1.29, 1.82) is 0 Å². The summed E-state index contributed by atoms with van der Waals surface area (Å²) in [7, 11) is 0. The number of para-hydroxylation sites is 1. The van der Waals surface area contributed by atoms with Crippen molar-refractivity contribution in [2.75, 3.05) is 5.32 Å². The van der Waals surface area contributed by atoms with E-state index in [0.717, 1.165) is 16.6 Å². The average molecular weight is 346 g/mol. The molecule has 0 bridgehead atoms. The predicted molar refractivity (Wildman–Crippen MR) is 101 cm³/mol. The number of H-pyrrole nitrogens is 1. The number of aromatic amines is 1. The molecule has 4 aromatic rings. The SMILES string of the molecule is O=C(Nc1cnc2ccccc2c1)c1ccc(-n2cc[nH]c2=S)cc1. The van der Waals surface area contributed by atoms with Crippen molar-refractivity contribution in [2.24, 2.45) is 0 Å². The summed E-state index contributed by atoms with van der Waals surface area (Å²) in [5, 5.41) is 3.86. The van der Waals surface area contributed by atoms with Gasteiger partial charge < -0.3 is 10.3 Å². The fraction of sp³-hybridized carbons (Fsp3) is 0. The third kappa shape index (κ3) is 3.07. The lowest BCUT2D eigenvalue weighted by Crippen LogP contribution is -2.12. The number of pyridine rings is 1. The van der Waals surface area contributed by atoms with Crippen LogP contribution < -0.4 is 5.32 Å².